The van der Waals surface area contributed by atoms with Gasteiger partial charge in [0.05, 0.1) is 18.8 Å². The van der Waals surface area contributed by atoms with Crippen molar-refractivity contribution in [2.45, 2.75) is 20.4 Å². The summed E-state index contributed by atoms with van der Waals surface area (Å²) in [5.74, 6) is 2.29. The highest BCUT2D eigenvalue weighted by atomic mass is 16.5. The second kappa shape index (κ2) is 8.27. The molecule has 4 rings (SSSR count). The third-order valence-electron chi connectivity index (χ3n) is 5.12. The minimum Gasteiger partial charge on any atom is -0.493 e. The molecule has 2 heterocycles. The number of methoxy groups -OCH3 is 1. The van der Waals surface area contributed by atoms with Crippen LogP contribution in [0.15, 0.2) is 36.1 Å². The van der Waals surface area contributed by atoms with E-state index in [-0.39, 0.29) is 5.78 Å². The molecule has 0 radical (unpaired) electrons. The van der Waals surface area contributed by atoms with Crippen LogP contribution in [0.25, 0.3) is 6.08 Å². The Kier molecular flexibility index (Phi) is 5.56. The number of benzene rings is 2. The predicted molar refractivity (Wildman–Crippen MR) is 110 cm³/mol. The molecule has 152 valence electrons. The average molecular weight is 395 g/mol. The fourth-order valence-electron chi connectivity index (χ4n) is 3.69. The van der Waals surface area contributed by atoms with E-state index in [0.29, 0.717) is 43.6 Å². The molecule has 0 N–H and O–H groups in total. The van der Waals surface area contributed by atoms with E-state index < -0.39 is 0 Å². The Morgan fingerprint density at radius 3 is 2.86 bits per heavy atom. The molecular weight excluding hydrogens is 370 g/mol. The molecule has 0 saturated heterocycles. The molecule has 0 spiro atoms. The molecule has 29 heavy (non-hydrogen) atoms. The first-order chi connectivity index (χ1) is 14.1. The van der Waals surface area contributed by atoms with Crippen LogP contribution in [-0.4, -0.2) is 44.3 Å². The van der Waals surface area contributed by atoms with Gasteiger partial charge in [-0.3, -0.25) is 9.69 Å². The first kappa shape index (κ1) is 19.5. The molecule has 0 unspecified atom stereocenters. The number of para-hydroxylation sites is 1. The topological polar surface area (TPSA) is 57.2 Å². The smallest absolute Gasteiger partial charge is 0.231 e. The number of rotatable bonds is 6. The minimum atomic E-state index is -0.119. The van der Waals surface area contributed by atoms with Crippen LogP contribution in [0.5, 0.6) is 17.2 Å². The highest BCUT2D eigenvalue weighted by molar-refractivity contribution is 6.15. The number of hydrogen-bond acceptors (Lipinski definition) is 6. The SMILES string of the molecule is CCOc1ccccc1/C=C1\Oc2c(cc3c(c2C)OCN(CCOC)C3)C1=O. The molecule has 0 atom stereocenters. The summed E-state index contributed by atoms with van der Waals surface area (Å²) >= 11 is 0. The van der Waals surface area contributed by atoms with Crippen molar-refractivity contribution < 1.29 is 23.7 Å². The Hall–Kier alpha value is -2.83. The standard InChI is InChI=1S/C23H25NO5/c1-4-27-19-8-6-5-7-16(19)12-20-21(25)18-11-17-13-24(9-10-26-3)14-28-22(17)15(2)23(18)29-20/h5-8,11-12H,4,9-10,13-14H2,1-3H3/b20-12-. The van der Waals surface area contributed by atoms with E-state index in [1.54, 1.807) is 13.2 Å². The molecule has 0 fully saturated rings. The Labute approximate surface area is 170 Å². The van der Waals surface area contributed by atoms with Gasteiger partial charge in [0.25, 0.3) is 0 Å². The van der Waals surface area contributed by atoms with Gasteiger partial charge in [-0.25, -0.2) is 0 Å². The summed E-state index contributed by atoms with van der Waals surface area (Å²) in [6, 6.07) is 9.51. The van der Waals surface area contributed by atoms with Crippen molar-refractivity contribution in [3.8, 4) is 17.2 Å². The maximum absolute atomic E-state index is 13.1. The normalized spacial score (nSPS) is 16.9. The summed E-state index contributed by atoms with van der Waals surface area (Å²) in [5, 5.41) is 0. The van der Waals surface area contributed by atoms with Crippen LogP contribution in [0.3, 0.4) is 0 Å². The third-order valence-corrected chi connectivity index (χ3v) is 5.12. The van der Waals surface area contributed by atoms with Crippen molar-refractivity contribution in [2.75, 3.05) is 33.6 Å². The fraction of sp³-hybridized carbons (Fsp3) is 0.348. The lowest BCUT2D eigenvalue weighted by atomic mass is 10.00. The molecule has 0 aromatic heterocycles. The van der Waals surface area contributed by atoms with E-state index in [0.717, 1.165) is 34.7 Å². The van der Waals surface area contributed by atoms with Crippen LogP contribution in [0.4, 0.5) is 0 Å². The monoisotopic (exact) mass is 395 g/mol. The van der Waals surface area contributed by atoms with Crippen LogP contribution in [0, 0.1) is 6.92 Å². The zero-order valence-corrected chi connectivity index (χ0v) is 17.0. The molecule has 0 amide bonds. The van der Waals surface area contributed by atoms with E-state index in [9.17, 15) is 4.79 Å². The number of fused-ring (bicyclic) bond motifs is 2. The summed E-state index contributed by atoms with van der Waals surface area (Å²) in [5.41, 5.74) is 3.25. The quantitative estimate of drug-likeness (QED) is 0.694. The van der Waals surface area contributed by atoms with Crippen LogP contribution in [0.1, 0.15) is 34.0 Å². The van der Waals surface area contributed by atoms with Gasteiger partial charge in [-0.1, -0.05) is 18.2 Å². The lowest BCUT2D eigenvalue weighted by molar-refractivity contribution is 0.0649. The van der Waals surface area contributed by atoms with Gasteiger partial charge in [-0.05, 0) is 32.1 Å². The summed E-state index contributed by atoms with van der Waals surface area (Å²) in [6.45, 7) is 7.04. The Morgan fingerprint density at radius 1 is 1.24 bits per heavy atom. The second-order valence-electron chi connectivity index (χ2n) is 7.10. The van der Waals surface area contributed by atoms with Crippen molar-refractivity contribution in [3.63, 3.8) is 0 Å². The highest BCUT2D eigenvalue weighted by Crippen LogP contribution is 2.43. The largest absolute Gasteiger partial charge is 0.493 e. The summed E-state index contributed by atoms with van der Waals surface area (Å²) in [7, 11) is 1.68. The van der Waals surface area contributed by atoms with Crippen molar-refractivity contribution >= 4 is 11.9 Å². The van der Waals surface area contributed by atoms with E-state index in [2.05, 4.69) is 4.90 Å². The van der Waals surface area contributed by atoms with Gasteiger partial charge in [-0.15, -0.1) is 0 Å². The number of carbonyl (C=O) groups is 1. The predicted octanol–water partition coefficient (Wildman–Crippen LogP) is 3.81. The summed E-state index contributed by atoms with van der Waals surface area (Å²) in [6.07, 6.45) is 1.75. The number of allylic oxidation sites excluding steroid dienone is 1. The van der Waals surface area contributed by atoms with Gasteiger partial charge in [0.15, 0.2) is 5.76 Å². The Morgan fingerprint density at radius 2 is 2.07 bits per heavy atom. The van der Waals surface area contributed by atoms with Crippen molar-refractivity contribution in [1.29, 1.82) is 0 Å². The lowest BCUT2D eigenvalue weighted by Crippen LogP contribution is -2.34. The van der Waals surface area contributed by atoms with Gasteiger partial charge >= 0.3 is 0 Å². The lowest BCUT2D eigenvalue weighted by Gasteiger charge is -2.30. The highest BCUT2D eigenvalue weighted by Gasteiger charge is 2.33. The first-order valence-electron chi connectivity index (χ1n) is 9.79. The van der Waals surface area contributed by atoms with Gasteiger partial charge in [0, 0.05) is 36.9 Å². The Balaban J connectivity index is 1.65. The van der Waals surface area contributed by atoms with Crippen LogP contribution >= 0.6 is 0 Å². The first-order valence-corrected chi connectivity index (χ1v) is 9.79. The number of Topliss-reactive ketones (excluding diaryl/α,β-unsaturated/α-hetero) is 1. The van der Waals surface area contributed by atoms with Crippen molar-refractivity contribution in [1.82, 2.24) is 4.90 Å². The number of carbonyl (C=O) groups excluding carboxylic acids is 1. The van der Waals surface area contributed by atoms with Gasteiger partial charge in [0.1, 0.15) is 24.0 Å². The van der Waals surface area contributed by atoms with Crippen LogP contribution in [0.2, 0.25) is 0 Å². The molecular formula is C23H25NO5. The molecule has 0 saturated carbocycles. The van der Waals surface area contributed by atoms with Crippen molar-refractivity contribution in [3.05, 3.63) is 58.3 Å². The van der Waals surface area contributed by atoms with Crippen LogP contribution < -0.4 is 14.2 Å². The van der Waals surface area contributed by atoms with E-state index in [4.69, 9.17) is 18.9 Å². The molecule has 6 heteroatoms. The molecule has 2 aromatic rings. The zero-order valence-electron chi connectivity index (χ0n) is 17.0. The molecule has 0 bridgehead atoms. The average Bonchev–Trinajstić information content (AvgIpc) is 3.04. The number of hydrogen-bond donors (Lipinski definition) is 0. The van der Waals surface area contributed by atoms with E-state index >= 15 is 0 Å². The van der Waals surface area contributed by atoms with Crippen LogP contribution in [-0.2, 0) is 11.3 Å². The van der Waals surface area contributed by atoms with Gasteiger partial charge < -0.3 is 18.9 Å². The Bertz CT molecular complexity index is 966. The van der Waals surface area contributed by atoms with E-state index in [1.807, 2.05) is 44.2 Å². The second-order valence-corrected chi connectivity index (χ2v) is 7.10. The zero-order chi connectivity index (χ0) is 20.4. The summed E-state index contributed by atoms with van der Waals surface area (Å²) < 4.78 is 22.8. The molecule has 6 nitrogen and oxygen atoms in total. The van der Waals surface area contributed by atoms with Gasteiger partial charge in [-0.2, -0.15) is 0 Å². The number of nitrogens with zero attached hydrogens (tertiary/aromatic N) is 1. The summed E-state index contributed by atoms with van der Waals surface area (Å²) in [4.78, 5) is 15.2. The third kappa shape index (κ3) is 3.73. The molecule has 2 aliphatic rings. The number of ether oxygens (including phenoxy) is 4. The molecule has 2 aromatic carbocycles. The van der Waals surface area contributed by atoms with E-state index in [1.165, 1.54) is 0 Å². The molecule has 2 aliphatic heterocycles. The maximum atomic E-state index is 13.1. The van der Waals surface area contributed by atoms with Gasteiger partial charge in [0.2, 0.25) is 5.78 Å². The maximum Gasteiger partial charge on any atom is 0.231 e. The van der Waals surface area contributed by atoms with Crippen molar-refractivity contribution in [2.24, 2.45) is 0 Å². The minimum absolute atomic E-state index is 0.119. The molecule has 0 aliphatic carbocycles. The number of ketones is 1. The fourth-order valence-corrected chi connectivity index (χ4v) is 3.69.